The summed E-state index contributed by atoms with van der Waals surface area (Å²) in [4.78, 5) is 12.0. The molecule has 3 rings (SSSR count). The molecule has 2 heterocycles. The fraction of sp³-hybridized carbons (Fsp3) is 0.133. The van der Waals surface area contributed by atoms with Crippen LogP contribution in [0.2, 0.25) is 0 Å². The van der Waals surface area contributed by atoms with Crippen LogP contribution in [0.4, 0.5) is 0 Å². The summed E-state index contributed by atoms with van der Waals surface area (Å²) < 4.78 is 7.09. The van der Waals surface area contributed by atoms with Crippen LogP contribution in [0.1, 0.15) is 11.5 Å². The molecule has 1 aromatic carbocycles. The molecule has 0 saturated heterocycles. The predicted octanol–water partition coefficient (Wildman–Crippen LogP) is 2.14. The molecule has 0 radical (unpaired) electrons. The molecule has 4 nitrogen and oxygen atoms in total. The number of aliphatic hydroxyl groups is 1. The molecular formula is C15H13NO3. The van der Waals surface area contributed by atoms with Crippen molar-refractivity contribution in [2.45, 2.75) is 13.2 Å². The molecule has 4 heteroatoms. The van der Waals surface area contributed by atoms with Gasteiger partial charge in [-0.1, -0.05) is 18.2 Å². The minimum Gasteiger partial charge on any atom is -0.462 e. The highest BCUT2D eigenvalue weighted by Gasteiger charge is 2.06. The molecular weight excluding hydrogens is 242 g/mol. The Balaban J connectivity index is 2.09. The third-order valence-corrected chi connectivity index (χ3v) is 3.09. The average molecular weight is 255 g/mol. The minimum atomic E-state index is -0.134. The largest absolute Gasteiger partial charge is 0.462 e. The van der Waals surface area contributed by atoms with Crippen LogP contribution in [0.15, 0.2) is 57.7 Å². The maximum absolute atomic E-state index is 12.0. The lowest BCUT2D eigenvalue weighted by Gasteiger charge is -2.08. The topological polar surface area (TPSA) is 55.4 Å². The van der Waals surface area contributed by atoms with Crippen molar-refractivity contribution in [3.05, 3.63) is 70.4 Å². The molecule has 96 valence electrons. The zero-order chi connectivity index (χ0) is 13.2. The standard InChI is InChI=1S/C15H13NO3/c17-10-13-7-6-12(19-13)9-16-14-4-2-1-3-11(14)5-8-15(16)18/h1-8,17H,9-10H2. The van der Waals surface area contributed by atoms with E-state index in [9.17, 15) is 4.79 Å². The van der Waals surface area contributed by atoms with E-state index in [0.29, 0.717) is 18.1 Å². The van der Waals surface area contributed by atoms with Crippen molar-refractivity contribution in [2.75, 3.05) is 0 Å². The average Bonchev–Trinajstić information content (AvgIpc) is 2.90. The molecule has 0 aliphatic carbocycles. The lowest BCUT2D eigenvalue weighted by atomic mass is 10.2. The van der Waals surface area contributed by atoms with E-state index >= 15 is 0 Å². The summed E-state index contributed by atoms with van der Waals surface area (Å²) in [6.45, 7) is 0.227. The van der Waals surface area contributed by atoms with Gasteiger partial charge in [-0.25, -0.2) is 0 Å². The number of para-hydroxylation sites is 1. The minimum absolute atomic E-state index is 0.0688. The van der Waals surface area contributed by atoms with E-state index in [1.165, 1.54) is 0 Å². The second kappa shape index (κ2) is 4.74. The van der Waals surface area contributed by atoms with Gasteiger partial charge < -0.3 is 14.1 Å². The number of hydrogen-bond acceptors (Lipinski definition) is 3. The molecule has 0 aliphatic heterocycles. The molecule has 0 spiro atoms. The first kappa shape index (κ1) is 11.7. The van der Waals surface area contributed by atoms with Gasteiger partial charge in [0.2, 0.25) is 0 Å². The van der Waals surface area contributed by atoms with Crippen LogP contribution in [-0.4, -0.2) is 9.67 Å². The summed E-state index contributed by atoms with van der Waals surface area (Å²) in [6, 6.07) is 14.6. The Bertz CT molecular complexity index is 770. The highest BCUT2D eigenvalue weighted by molar-refractivity contribution is 5.78. The molecule has 0 amide bonds. The highest BCUT2D eigenvalue weighted by Crippen LogP contribution is 2.14. The summed E-state index contributed by atoms with van der Waals surface area (Å²) in [6.07, 6.45) is 0. The fourth-order valence-electron chi connectivity index (χ4n) is 2.16. The SMILES string of the molecule is O=c1ccc2ccccc2n1Cc1ccc(CO)o1. The highest BCUT2D eigenvalue weighted by atomic mass is 16.4. The number of aromatic nitrogens is 1. The third kappa shape index (κ3) is 2.18. The quantitative estimate of drug-likeness (QED) is 0.780. The van der Waals surface area contributed by atoms with Gasteiger partial charge in [0.15, 0.2) is 0 Å². The Labute approximate surface area is 109 Å². The van der Waals surface area contributed by atoms with Crippen LogP contribution in [0.25, 0.3) is 10.9 Å². The van der Waals surface area contributed by atoms with Gasteiger partial charge in [-0.3, -0.25) is 4.79 Å². The lowest BCUT2D eigenvalue weighted by Crippen LogP contribution is -2.19. The van der Waals surface area contributed by atoms with Crippen molar-refractivity contribution in [3.63, 3.8) is 0 Å². The first-order chi connectivity index (χ1) is 9.28. The number of fused-ring (bicyclic) bond motifs is 1. The van der Waals surface area contributed by atoms with E-state index in [1.54, 1.807) is 22.8 Å². The zero-order valence-electron chi connectivity index (χ0n) is 10.2. The maximum atomic E-state index is 12.0. The molecule has 0 atom stereocenters. The van der Waals surface area contributed by atoms with Gasteiger partial charge in [0.05, 0.1) is 12.1 Å². The van der Waals surface area contributed by atoms with Crippen LogP contribution in [0, 0.1) is 0 Å². The Hall–Kier alpha value is -2.33. The smallest absolute Gasteiger partial charge is 0.251 e. The normalized spacial score (nSPS) is 11.0. The molecule has 19 heavy (non-hydrogen) atoms. The number of benzene rings is 1. The zero-order valence-corrected chi connectivity index (χ0v) is 10.2. The van der Waals surface area contributed by atoms with Gasteiger partial charge in [-0.05, 0) is 29.7 Å². The Morgan fingerprint density at radius 3 is 2.58 bits per heavy atom. The fourth-order valence-corrected chi connectivity index (χ4v) is 2.16. The van der Waals surface area contributed by atoms with Crippen molar-refractivity contribution in [1.82, 2.24) is 4.57 Å². The molecule has 0 saturated carbocycles. The summed E-state index contributed by atoms with van der Waals surface area (Å²) in [5, 5.41) is 9.99. The van der Waals surface area contributed by atoms with Crippen molar-refractivity contribution in [1.29, 1.82) is 0 Å². The van der Waals surface area contributed by atoms with Gasteiger partial charge in [0, 0.05) is 6.07 Å². The van der Waals surface area contributed by atoms with Crippen LogP contribution in [0.3, 0.4) is 0 Å². The molecule has 3 aromatic rings. The Morgan fingerprint density at radius 1 is 1.00 bits per heavy atom. The van der Waals surface area contributed by atoms with Crippen molar-refractivity contribution in [3.8, 4) is 0 Å². The van der Waals surface area contributed by atoms with Crippen molar-refractivity contribution < 1.29 is 9.52 Å². The summed E-state index contributed by atoms with van der Waals surface area (Å²) >= 11 is 0. The first-order valence-electron chi connectivity index (χ1n) is 6.05. The van der Waals surface area contributed by atoms with E-state index in [0.717, 1.165) is 10.9 Å². The van der Waals surface area contributed by atoms with Crippen molar-refractivity contribution in [2.24, 2.45) is 0 Å². The van der Waals surface area contributed by atoms with Gasteiger partial charge in [-0.15, -0.1) is 0 Å². The summed E-state index contributed by atoms with van der Waals surface area (Å²) in [5.74, 6) is 1.16. The number of hydrogen-bond donors (Lipinski definition) is 1. The van der Waals surface area contributed by atoms with E-state index in [4.69, 9.17) is 9.52 Å². The summed E-state index contributed by atoms with van der Waals surface area (Å²) in [7, 11) is 0. The first-order valence-corrected chi connectivity index (χ1v) is 6.05. The maximum Gasteiger partial charge on any atom is 0.251 e. The second-order valence-electron chi connectivity index (χ2n) is 4.34. The van der Waals surface area contributed by atoms with Crippen molar-refractivity contribution >= 4 is 10.9 Å². The van der Waals surface area contributed by atoms with E-state index in [-0.39, 0.29) is 12.2 Å². The van der Waals surface area contributed by atoms with Crippen LogP contribution in [-0.2, 0) is 13.2 Å². The van der Waals surface area contributed by atoms with E-state index in [1.807, 2.05) is 30.3 Å². The molecule has 0 unspecified atom stereocenters. The van der Waals surface area contributed by atoms with Gasteiger partial charge in [0.1, 0.15) is 18.1 Å². The number of aliphatic hydroxyl groups excluding tert-OH is 1. The lowest BCUT2D eigenvalue weighted by molar-refractivity contribution is 0.243. The van der Waals surface area contributed by atoms with Crippen LogP contribution >= 0.6 is 0 Å². The van der Waals surface area contributed by atoms with Gasteiger partial charge >= 0.3 is 0 Å². The van der Waals surface area contributed by atoms with E-state index in [2.05, 4.69) is 0 Å². The van der Waals surface area contributed by atoms with Gasteiger partial charge in [-0.2, -0.15) is 0 Å². The summed E-state index contributed by atoms with van der Waals surface area (Å²) in [5.41, 5.74) is 0.803. The third-order valence-electron chi connectivity index (χ3n) is 3.09. The Kier molecular flexibility index (Phi) is 2.93. The van der Waals surface area contributed by atoms with Crippen LogP contribution in [0.5, 0.6) is 0 Å². The number of nitrogens with zero attached hydrogens (tertiary/aromatic N) is 1. The van der Waals surface area contributed by atoms with Gasteiger partial charge in [0.25, 0.3) is 5.56 Å². The monoisotopic (exact) mass is 255 g/mol. The number of rotatable bonds is 3. The molecule has 1 N–H and O–H groups in total. The number of pyridine rings is 1. The van der Waals surface area contributed by atoms with Crippen LogP contribution < -0.4 is 5.56 Å². The molecule has 0 fully saturated rings. The molecule has 0 aliphatic rings. The van der Waals surface area contributed by atoms with E-state index < -0.39 is 0 Å². The number of furan rings is 1. The molecule has 0 bridgehead atoms. The Morgan fingerprint density at radius 2 is 1.79 bits per heavy atom. The second-order valence-corrected chi connectivity index (χ2v) is 4.34. The predicted molar refractivity (Wildman–Crippen MR) is 71.9 cm³/mol. The molecule has 2 aromatic heterocycles.